The third-order valence-electron chi connectivity index (χ3n) is 6.31. The van der Waals surface area contributed by atoms with Gasteiger partial charge in [-0.1, -0.05) is 17.7 Å². The fraction of sp³-hybridized carbons (Fsp3) is 0.520. The molecule has 2 saturated carbocycles. The summed E-state index contributed by atoms with van der Waals surface area (Å²) in [5.41, 5.74) is 0.956. The van der Waals surface area contributed by atoms with Crippen molar-refractivity contribution in [1.82, 2.24) is 0 Å². The monoisotopic (exact) mass is 624 g/mol. The van der Waals surface area contributed by atoms with E-state index in [2.05, 4.69) is 30.3 Å². The average Bonchev–Trinajstić information content (AvgIpc) is 2.76. The van der Waals surface area contributed by atoms with Crippen LogP contribution in [0.15, 0.2) is 59.5 Å². The SMILES string of the molecule is Cc1ccc(S(=O)(=O)O)cc1.c1cc[c]([Bi]([CH]2CCCCC2)[CH]2CCCCC2)cc1. The number of benzene rings is 2. The number of aryl methyl sites for hydroxylation is 1. The Labute approximate surface area is 190 Å². The fourth-order valence-electron chi connectivity index (χ4n) is 4.75. The molecule has 0 aromatic heterocycles. The van der Waals surface area contributed by atoms with Crippen molar-refractivity contribution in [2.24, 2.45) is 0 Å². The predicted molar refractivity (Wildman–Crippen MR) is 126 cm³/mol. The molecule has 5 heteroatoms. The van der Waals surface area contributed by atoms with Crippen LogP contribution in [0.3, 0.4) is 0 Å². The van der Waals surface area contributed by atoms with Gasteiger partial charge in [-0.05, 0) is 19.1 Å². The summed E-state index contributed by atoms with van der Waals surface area (Å²) in [6, 6.07) is 17.8. The molecule has 0 atom stereocenters. The van der Waals surface area contributed by atoms with Crippen LogP contribution in [-0.4, -0.2) is 34.7 Å². The molecule has 0 bridgehead atoms. The van der Waals surface area contributed by atoms with Gasteiger partial charge in [-0.2, -0.15) is 8.42 Å². The van der Waals surface area contributed by atoms with Gasteiger partial charge in [0.25, 0.3) is 10.1 Å². The molecule has 0 radical (unpaired) electrons. The van der Waals surface area contributed by atoms with E-state index in [4.69, 9.17) is 4.55 Å². The maximum absolute atomic E-state index is 10.5. The molecule has 164 valence electrons. The van der Waals surface area contributed by atoms with Crippen molar-refractivity contribution in [3.63, 3.8) is 0 Å². The second-order valence-electron chi connectivity index (χ2n) is 8.61. The summed E-state index contributed by atoms with van der Waals surface area (Å²) in [7, 11) is -4.02. The summed E-state index contributed by atoms with van der Waals surface area (Å²) in [5, 5.41) is 0. The van der Waals surface area contributed by atoms with Crippen LogP contribution in [0.1, 0.15) is 69.8 Å². The van der Waals surface area contributed by atoms with Gasteiger partial charge in [0.2, 0.25) is 0 Å². The van der Waals surface area contributed by atoms with Crippen molar-refractivity contribution >= 4 is 35.1 Å². The third-order valence-corrected chi connectivity index (χ3v) is 20.8. The van der Waals surface area contributed by atoms with Crippen LogP contribution in [-0.2, 0) is 10.1 Å². The van der Waals surface area contributed by atoms with Crippen LogP contribution >= 0.6 is 0 Å². The second-order valence-corrected chi connectivity index (χ2v) is 20.9. The van der Waals surface area contributed by atoms with Gasteiger partial charge >= 0.3 is 127 Å². The van der Waals surface area contributed by atoms with E-state index in [-0.39, 0.29) is 4.90 Å². The van der Waals surface area contributed by atoms with Crippen molar-refractivity contribution in [2.45, 2.75) is 83.3 Å². The van der Waals surface area contributed by atoms with Gasteiger partial charge in [-0.3, -0.25) is 4.55 Å². The molecule has 30 heavy (non-hydrogen) atoms. The minimum atomic E-state index is -4.02. The van der Waals surface area contributed by atoms with Crippen LogP contribution in [0.2, 0.25) is 7.25 Å². The molecule has 2 aliphatic rings. The standard InChI is InChI=1S/C7H8O3S.2C6H11.C6H5.Bi/c1-6-2-4-7(5-3-6)11(8,9)10;3*1-2-4-6-5-3-1;/h2-5H,1H3,(H,8,9,10);2*1H,2-6H2;1-5H;. The Kier molecular flexibility index (Phi) is 9.35. The molecular formula is C25H35BiO3S. The van der Waals surface area contributed by atoms with Crippen LogP contribution < -0.4 is 3.27 Å². The average molecular weight is 625 g/mol. The van der Waals surface area contributed by atoms with Crippen molar-refractivity contribution in [3.05, 3.63) is 60.2 Å². The Morgan fingerprint density at radius 1 is 0.733 bits per heavy atom. The van der Waals surface area contributed by atoms with E-state index in [9.17, 15) is 8.42 Å². The van der Waals surface area contributed by atoms with E-state index in [0.717, 1.165) is 5.56 Å². The van der Waals surface area contributed by atoms with Crippen LogP contribution in [0.4, 0.5) is 0 Å². The summed E-state index contributed by atoms with van der Waals surface area (Å²) in [6.45, 7) is 1.84. The Bertz CT molecular complexity index is 835. The zero-order valence-electron chi connectivity index (χ0n) is 18.0. The number of rotatable bonds is 4. The summed E-state index contributed by atoms with van der Waals surface area (Å²) in [6.07, 6.45) is 15.4. The molecule has 3 nitrogen and oxygen atoms in total. The number of hydrogen-bond donors (Lipinski definition) is 1. The van der Waals surface area contributed by atoms with Crippen molar-refractivity contribution in [2.75, 3.05) is 0 Å². The fourth-order valence-corrected chi connectivity index (χ4v) is 20.0. The zero-order valence-corrected chi connectivity index (χ0v) is 22.3. The molecule has 0 aliphatic heterocycles. The number of hydrogen-bond acceptors (Lipinski definition) is 2. The van der Waals surface area contributed by atoms with E-state index in [0.29, 0.717) is 0 Å². The first-order valence-electron chi connectivity index (χ1n) is 11.3. The normalized spacial score (nSPS) is 18.6. The van der Waals surface area contributed by atoms with Gasteiger partial charge < -0.3 is 0 Å². The first-order chi connectivity index (χ1) is 14.4. The third kappa shape index (κ3) is 7.14. The van der Waals surface area contributed by atoms with Crippen molar-refractivity contribution in [1.29, 1.82) is 0 Å². The van der Waals surface area contributed by atoms with E-state index in [1.807, 2.05) is 10.2 Å². The topological polar surface area (TPSA) is 54.4 Å². The molecule has 0 amide bonds. The van der Waals surface area contributed by atoms with Crippen LogP contribution in [0.5, 0.6) is 0 Å². The summed E-state index contributed by atoms with van der Waals surface area (Å²) < 4.78 is 33.7. The Morgan fingerprint density at radius 2 is 1.20 bits per heavy atom. The van der Waals surface area contributed by atoms with E-state index >= 15 is 0 Å². The molecule has 0 heterocycles. The molecular weight excluding hydrogens is 589 g/mol. The van der Waals surface area contributed by atoms with E-state index in [1.54, 1.807) is 37.8 Å². The predicted octanol–water partition coefficient (Wildman–Crippen LogP) is 6.30. The maximum atomic E-state index is 10.5. The van der Waals surface area contributed by atoms with Gasteiger partial charge in [-0.15, -0.1) is 0 Å². The van der Waals surface area contributed by atoms with Crippen LogP contribution in [0, 0.1) is 6.92 Å². The van der Waals surface area contributed by atoms with Gasteiger partial charge in [0.15, 0.2) is 0 Å². The summed E-state index contributed by atoms with van der Waals surface area (Å²) in [4.78, 5) is -0.0666. The summed E-state index contributed by atoms with van der Waals surface area (Å²) >= 11 is -1.51. The molecule has 0 saturated heterocycles. The Morgan fingerprint density at radius 3 is 1.63 bits per heavy atom. The molecule has 4 rings (SSSR count). The molecule has 2 aromatic carbocycles. The molecule has 2 fully saturated rings. The summed E-state index contributed by atoms with van der Waals surface area (Å²) in [5.74, 6) is 0. The second kappa shape index (κ2) is 11.7. The molecule has 0 unspecified atom stereocenters. The Balaban J connectivity index is 0.000000199. The molecule has 1 N–H and O–H groups in total. The molecule has 2 aliphatic carbocycles. The van der Waals surface area contributed by atoms with Gasteiger partial charge in [0.05, 0.1) is 4.90 Å². The first-order valence-corrected chi connectivity index (χ1v) is 18.5. The van der Waals surface area contributed by atoms with E-state index in [1.165, 1.54) is 57.9 Å². The van der Waals surface area contributed by atoms with E-state index < -0.39 is 31.9 Å². The Hall–Kier alpha value is -0.767. The molecule has 2 aromatic rings. The van der Waals surface area contributed by atoms with Gasteiger partial charge in [0, 0.05) is 0 Å². The van der Waals surface area contributed by atoms with Gasteiger partial charge in [0.1, 0.15) is 0 Å². The quantitative estimate of drug-likeness (QED) is 0.321. The minimum absolute atomic E-state index is 0.0666. The van der Waals surface area contributed by atoms with Crippen molar-refractivity contribution in [3.8, 4) is 0 Å². The van der Waals surface area contributed by atoms with Crippen LogP contribution in [0.25, 0.3) is 0 Å². The van der Waals surface area contributed by atoms with Gasteiger partial charge in [-0.25, -0.2) is 0 Å². The van der Waals surface area contributed by atoms with Crippen molar-refractivity contribution < 1.29 is 13.0 Å². The first kappa shape index (κ1) is 23.9. The zero-order chi connectivity index (χ0) is 21.4. The molecule has 0 spiro atoms.